The van der Waals surface area contributed by atoms with Crippen molar-refractivity contribution in [2.45, 2.75) is 37.7 Å². The number of pyridine rings is 1. The first-order chi connectivity index (χ1) is 17.8. The molecule has 1 saturated carbocycles. The van der Waals surface area contributed by atoms with Gasteiger partial charge in [0.1, 0.15) is 0 Å². The average molecular weight is 523 g/mol. The first-order valence-electron chi connectivity index (χ1n) is 12.6. The third kappa shape index (κ3) is 4.16. The van der Waals surface area contributed by atoms with Gasteiger partial charge in [-0.1, -0.05) is 23.7 Å². The van der Waals surface area contributed by atoms with Gasteiger partial charge in [0.25, 0.3) is 5.91 Å². The summed E-state index contributed by atoms with van der Waals surface area (Å²) in [6.07, 6.45) is 3.80. The number of fused-ring (bicyclic) bond motifs is 1. The highest BCUT2D eigenvalue weighted by Gasteiger charge is 2.36. The van der Waals surface area contributed by atoms with E-state index in [0.717, 1.165) is 24.8 Å². The Morgan fingerprint density at radius 1 is 1.03 bits per heavy atom. The third-order valence-corrected chi connectivity index (χ3v) is 8.01. The second kappa shape index (κ2) is 9.15. The third-order valence-electron chi connectivity index (χ3n) is 7.70. The van der Waals surface area contributed by atoms with E-state index in [4.69, 9.17) is 16.6 Å². The van der Waals surface area contributed by atoms with E-state index < -0.39 is 18.0 Å². The van der Waals surface area contributed by atoms with Crippen molar-refractivity contribution >= 4 is 40.6 Å². The fourth-order valence-electron chi connectivity index (χ4n) is 5.33. The number of benzene rings is 1. The topological polar surface area (TPSA) is 115 Å². The highest BCUT2D eigenvalue weighted by atomic mass is 35.5. The molecule has 10 heteroatoms. The number of ketones is 1. The molecule has 2 unspecified atom stereocenters. The van der Waals surface area contributed by atoms with Gasteiger partial charge in [0.05, 0.1) is 28.1 Å². The number of amides is 1. The number of aliphatic hydroxyl groups excluding tert-OH is 1. The van der Waals surface area contributed by atoms with E-state index in [1.165, 1.54) is 0 Å². The van der Waals surface area contributed by atoms with E-state index in [9.17, 15) is 24.6 Å². The molecule has 2 aromatic heterocycles. The molecule has 3 aliphatic rings. The lowest BCUT2D eigenvalue weighted by atomic mass is 9.94. The standard InChI is InChI=1S/C27H27ClN4O5/c28-19-4-1-3-17(15-5-6-15)22(19)23(34)25-29-24(31-12-9-18(27(36)37)21(33)14-31)20-8-7-16(13-32(20)25)26(35)30-10-2-11-30/h1,3-4,7-8,13,15,18,21,33H,2,5-6,9-12,14H2,(H,36,37). The smallest absolute Gasteiger partial charge is 0.309 e. The Morgan fingerprint density at radius 3 is 2.46 bits per heavy atom. The van der Waals surface area contributed by atoms with E-state index in [0.29, 0.717) is 47.1 Å². The molecule has 9 nitrogen and oxygen atoms in total. The first kappa shape index (κ1) is 23.9. The van der Waals surface area contributed by atoms with Gasteiger partial charge in [-0.25, -0.2) is 4.98 Å². The number of imidazole rings is 1. The zero-order valence-electron chi connectivity index (χ0n) is 20.1. The summed E-state index contributed by atoms with van der Waals surface area (Å²) in [6, 6.07) is 8.96. The molecule has 2 N–H and O–H groups in total. The maximum atomic E-state index is 14.0. The molecular formula is C27H27ClN4O5. The van der Waals surface area contributed by atoms with Crippen LogP contribution in [0.5, 0.6) is 0 Å². The molecule has 2 aliphatic heterocycles. The number of carboxylic acids is 1. The molecule has 37 heavy (non-hydrogen) atoms. The van der Waals surface area contributed by atoms with Gasteiger partial charge in [-0.3, -0.25) is 18.8 Å². The number of carbonyl (C=O) groups excluding carboxylic acids is 2. The number of piperidine rings is 1. The van der Waals surface area contributed by atoms with Crippen LogP contribution in [-0.4, -0.2) is 74.4 Å². The number of halogens is 1. The summed E-state index contributed by atoms with van der Waals surface area (Å²) in [5.41, 5.74) is 2.39. The lowest BCUT2D eigenvalue weighted by molar-refractivity contribution is -0.146. The lowest BCUT2D eigenvalue weighted by Gasteiger charge is -2.34. The normalized spacial score (nSPS) is 21.7. The number of carboxylic acid groups (broad SMARTS) is 1. The van der Waals surface area contributed by atoms with E-state index in [1.54, 1.807) is 33.7 Å². The number of carbonyl (C=O) groups is 3. The largest absolute Gasteiger partial charge is 0.481 e. The van der Waals surface area contributed by atoms with E-state index in [2.05, 4.69) is 0 Å². The van der Waals surface area contributed by atoms with Crippen LogP contribution >= 0.6 is 11.6 Å². The number of aromatic nitrogens is 2. The van der Waals surface area contributed by atoms with Crippen molar-refractivity contribution in [1.29, 1.82) is 0 Å². The van der Waals surface area contributed by atoms with Gasteiger partial charge in [0, 0.05) is 37.9 Å². The molecule has 3 aromatic rings. The van der Waals surface area contributed by atoms with Crippen molar-refractivity contribution in [3.05, 3.63) is 64.1 Å². The SMILES string of the molecule is O=C(c1c(Cl)cccc1C1CC1)c1nc(N2CCC(C(=O)O)C(O)C2)c2ccc(C(=O)N3CCC3)cn12. The molecule has 0 radical (unpaired) electrons. The van der Waals surface area contributed by atoms with Crippen molar-refractivity contribution in [3.8, 4) is 0 Å². The second-order valence-electron chi connectivity index (χ2n) is 10.1. The molecule has 3 fully saturated rings. The van der Waals surface area contributed by atoms with Crippen molar-refractivity contribution in [2.24, 2.45) is 5.92 Å². The number of nitrogens with zero attached hydrogens (tertiary/aromatic N) is 4. The molecule has 1 aromatic carbocycles. The summed E-state index contributed by atoms with van der Waals surface area (Å²) in [5.74, 6) is -1.42. The maximum Gasteiger partial charge on any atom is 0.309 e. The van der Waals surface area contributed by atoms with E-state index >= 15 is 0 Å². The van der Waals surface area contributed by atoms with Crippen LogP contribution in [0.4, 0.5) is 5.82 Å². The van der Waals surface area contributed by atoms with Crippen LogP contribution in [0.3, 0.4) is 0 Å². The number of rotatable bonds is 6. The maximum absolute atomic E-state index is 14.0. The van der Waals surface area contributed by atoms with E-state index in [-0.39, 0.29) is 36.4 Å². The molecule has 1 amide bonds. The van der Waals surface area contributed by atoms with Crippen molar-refractivity contribution in [2.75, 3.05) is 31.1 Å². The Balaban J connectivity index is 1.46. The second-order valence-corrected chi connectivity index (χ2v) is 10.5. The molecule has 4 heterocycles. The fourth-order valence-corrected chi connectivity index (χ4v) is 5.60. The average Bonchev–Trinajstić information content (AvgIpc) is 3.62. The predicted octanol–water partition coefficient (Wildman–Crippen LogP) is 3.21. The van der Waals surface area contributed by atoms with Gasteiger partial charge in [-0.2, -0.15) is 0 Å². The zero-order chi connectivity index (χ0) is 25.8. The number of hydrogen-bond donors (Lipinski definition) is 2. The van der Waals surface area contributed by atoms with Crippen LogP contribution in [0, 0.1) is 5.92 Å². The minimum Gasteiger partial charge on any atom is -0.481 e. The summed E-state index contributed by atoms with van der Waals surface area (Å²) in [7, 11) is 0. The predicted molar refractivity (Wildman–Crippen MR) is 137 cm³/mol. The molecular weight excluding hydrogens is 496 g/mol. The van der Waals surface area contributed by atoms with Gasteiger partial charge >= 0.3 is 5.97 Å². The van der Waals surface area contributed by atoms with Crippen molar-refractivity contribution in [1.82, 2.24) is 14.3 Å². The van der Waals surface area contributed by atoms with Crippen LogP contribution in [0.15, 0.2) is 36.5 Å². The zero-order valence-corrected chi connectivity index (χ0v) is 20.9. The molecule has 1 aliphatic carbocycles. The van der Waals surface area contributed by atoms with E-state index in [1.807, 2.05) is 17.0 Å². The van der Waals surface area contributed by atoms with Crippen molar-refractivity contribution in [3.63, 3.8) is 0 Å². The highest BCUT2D eigenvalue weighted by molar-refractivity contribution is 6.35. The van der Waals surface area contributed by atoms with Crippen LogP contribution < -0.4 is 4.90 Å². The molecule has 192 valence electrons. The van der Waals surface area contributed by atoms with Gasteiger partial charge < -0.3 is 20.0 Å². The van der Waals surface area contributed by atoms with Gasteiger partial charge in [0.15, 0.2) is 11.6 Å². The summed E-state index contributed by atoms with van der Waals surface area (Å²) in [5, 5.41) is 20.3. The minimum absolute atomic E-state index is 0.0746. The Hall–Kier alpha value is -3.43. The van der Waals surface area contributed by atoms with Crippen LogP contribution in [-0.2, 0) is 4.79 Å². The van der Waals surface area contributed by atoms with Gasteiger partial charge in [-0.15, -0.1) is 0 Å². The quantitative estimate of drug-likeness (QED) is 0.477. The highest BCUT2D eigenvalue weighted by Crippen LogP contribution is 2.44. The number of anilines is 1. The monoisotopic (exact) mass is 522 g/mol. The molecule has 2 saturated heterocycles. The van der Waals surface area contributed by atoms with Gasteiger partial charge in [-0.05, 0) is 55.4 Å². The number of likely N-dealkylation sites (tertiary alicyclic amines) is 1. The Kier molecular flexibility index (Phi) is 5.92. The number of hydrogen-bond acceptors (Lipinski definition) is 6. The lowest BCUT2D eigenvalue weighted by Crippen LogP contribution is -2.46. The molecule has 6 rings (SSSR count). The Morgan fingerprint density at radius 2 is 1.81 bits per heavy atom. The minimum atomic E-state index is -1.07. The number of β-amino-alcohol motifs (C(OH)–C–C–N with tert-alkyl or cyclic N) is 1. The Labute approximate surface area is 218 Å². The molecule has 0 bridgehead atoms. The van der Waals surface area contributed by atoms with Crippen LogP contribution in [0.25, 0.3) is 5.52 Å². The van der Waals surface area contributed by atoms with Crippen LogP contribution in [0.2, 0.25) is 5.02 Å². The summed E-state index contributed by atoms with van der Waals surface area (Å²) in [6.45, 7) is 1.85. The number of aliphatic hydroxyl groups is 1. The summed E-state index contributed by atoms with van der Waals surface area (Å²) >= 11 is 6.55. The number of aliphatic carboxylic acids is 1. The fraction of sp³-hybridized carbons (Fsp3) is 0.407. The van der Waals surface area contributed by atoms with Crippen LogP contribution in [0.1, 0.15) is 63.7 Å². The summed E-state index contributed by atoms with van der Waals surface area (Å²) in [4.78, 5) is 46.8. The van der Waals surface area contributed by atoms with Gasteiger partial charge in [0.2, 0.25) is 5.78 Å². The first-order valence-corrected chi connectivity index (χ1v) is 13.0. The molecule has 0 spiro atoms. The summed E-state index contributed by atoms with van der Waals surface area (Å²) < 4.78 is 1.64. The molecule has 2 atom stereocenters. The Bertz CT molecular complexity index is 1430. The van der Waals surface area contributed by atoms with Crippen molar-refractivity contribution < 1.29 is 24.6 Å².